The second kappa shape index (κ2) is 9.93. The van der Waals surface area contributed by atoms with Crippen molar-refractivity contribution in [3.8, 4) is 0 Å². The Morgan fingerprint density at radius 2 is 1.95 bits per heavy atom. The number of imidazole rings is 1. The number of aromatic nitrogens is 3. The number of rotatable bonds is 3. The van der Waals surface area contributed by atoms with Crippen LogP contribution in [-0.2, 0) is 11.8 Å². The molecule has 1 fully saturated rings. The number of nitrogens with zero attached hydrogens (tertiary/aromatic N) is 5. The smallest absolute Gasteiger partial charge is 0.410 e. The number of pyridine rings is 1. The maximum atomic E-state index is 12.7. The molecule has 1 aromatic carbocycles. The molecule has 1 aliphatic carbocycles. The number of amides is 1. The predicted molar refractivity (Wildman–Crippen MR) is 143 cm³/mol. The van der Waals surface area contributed by atoms with Crippen molar-refractivity contribution in [3.05, 3.63) is 82.2 Å². The van der Waals surface area contributed by atoms with Gasteiger partial charge in [0.15, 0.2) is 0 Å². The van der Waals surface area contributed by atoms with Crippen LogP contribution in [0.1, 0.15) is 61.0 Å². The van der Waals surface area contributed by atoms with Crippen LogP contribution in [0.15, 0.2) is 49.1 Å². The van der Waals surface area contributed by atoms with Gasteiger partial charge in [-0.2, -0.15) is 0 Å². The Hall–Kier alpha value is -3.20. The van der Waals surface area contributed by atoms with Crippen molar-refractivity contribution in [1.82, 2.24) is 24.3 Å². The molecule has 1 aliphatic heterocycles. The summed E-state index contributed by atoms with van der Waals surface area (Å²) < 4.78 is 7.40. The number of hydrogen-bond donors (Lipinski definition) is 1. The number of benzene rings is 1. The molecule has 1 amide bonds. The topological polar surface area (TPSA) is 83.7 Å². The number of aryl methyl sites for hydroxylation is 1. The molecule has 37 heavy (non-hydrogen) atoms. The van der Waals surface area contributed by atoms with Gasteiger partial charge in [-0.1, -0.05) is 23.7 Å². The van der Waals surface area contributed by atoms with Gasteiger partial charge < -0.3 is 19.3 Å². The molecule has 0 radical (unpaired) electrons. The maximum absolute atomic E-state index is 12.7. The Bertz CT molecular complexity index is 1340. The summed E-state index contributed by atoms with van der Waals surface area (Å²) >= 11 is 6.49. The lowest BCUT2D eigenvalue weighted by Crippen LogP contribution is -2.51. The number of carbonyl (C=O) groups is 1. The number of carbonyl (C=O) groups excluding carboxylic acids is 1. The Labute approximate surface area is 222 Å². The zero-order chi connectivity index (χ0) is 26.3. The molecule has 1 saturated heterocycles. The van der Waals surface area contributed by atoms with Crippen molar-refractivity contribution in [1.29, 1.82) is 0 Å². The molecule has 3 heterocycles. The number of halogens is 1. The van der Waals surface area contributed by atoms with Gasteiger partial charge in [-0.05, 0) is 67.3 Å². The maximum Gasteiger partial charge on any atom is 0.410 e. The lowest BCUT2D eigenvalue weighted by molar-refractivity contribution is 0.0118. The summed E-state index contributed by atoms with van der Waals surface area (Å²) in [6.07, 6.45) is 5.97. The van der Waals surface area contributed by atoms with Crippen LogP contribution >= 0.6 is 11.6 Å². The molecule has 2 aromatic heterocycles. The van der Waals surface area contributed by atoms with Gasteiger partial charge >= 0.3 is 6.09 Å². The minimum absolute atomic E-state index is 0.170. The second-order valence-electron chi connectivity index (χ2n) is 10.5. The fraction of sp³-hybridized carbons (Fsp3) is 0.393. The average Bonchev–Trinajstić information content (AvgIpc) is 3.23. The highest BCUT2D eigenvalue weighted by molar-refractivity contribution is 6.30. The number of aliphatic hydroxyl groups is 1. The summed E-state index contributed by atoms with van der Waals surface area (Å²) in [6.45, 7) is 8.04. The first kappa shape index (κ1) is 25.4. The summed E-state index contributed by atoms with van der Waals surface area (Å²) in [7, 11) is 1.87. The molecular weight excluding hydrogens is 490 g/mol. The van der Waals surface area contributed by atoms with E-state index in [1.165, 1.54) is 0 Å². The van der Waals surface area contributed by atoms with Gasteiger partial charge in [0.1, 0.15) is 11.7 Å². The highest BCUT2D eigenvalue weighted by Crippen LogP contribution is 2.44. The van der Waals surface area contributed by atoms with Crippen LogP contribution in [0.25, 0.3) is 11.6 Å². The van der Waals surface area contributed by atoms with Crippen molar-refractivity contribution in [2.45, 2.75) is 38.5 Å². The van der Waals surface area contributed by atoms with Crippen molar-refractivity contribution in [2.24, 2.45) is 7.05 Å². The van der Waals surface area contributed by atoms with Gasteiger partial charge in [-0.3, -0.25) is 9.88 Å². The monoisotopic (exact) mass is 521 g/mol. The summed E-state index contributed by atoms with van der Waals surface area (Å²) in [6, 6.07) is 9.58. The summed E-state index contributed by atoms with van der Waals surface area (Å²) in [5.74, 6) is 0. The summed E-state index contributed by atoms with van der Waals surface area (Å²) in [5, 5.41) is 12.1. The van der Waals surface area contributed by atoms with Gasteiger partial charge in [0.2, 0.25) is 0 Å². The minimum Gasteiger partial charge on any atom is -0.444 e. The highest BCUT2D eigenvalue weighted by Gasteiger charge is 2.36. The molecule has 2 aliphatic rings. The van der Waals surface area contributed by atoms with E-state index >= 15 is 0 Å². The zero-order valence-electron chi connectivity index (χ0n) is 21.6. The first-order valence-electron chi connectivity index (χ1n) is 12.4. The van der Waals surface area contributed by atoms with Crippen molar-refractivity contribution in [2.75, 3.05) is 26.2 Å². The van der Waals surface area contributed by atoms with Gasteiger partial charge in [-0.15, -0.1) is 0 Å². The summed E-state index contributed by atoms with van der Waals surface area (Å²) in [5.41, 5.74) is 4.62. The Kier molecular flexibility index (Phi) is 6.83. The number of fused-ring (bicyclic) bond motifs is 2. The van der Waals surface area contributed by atoms with Crippen LogP contribution in [0.5, 0.6) is 0 Å². The third-order valence-electron chi connectivity index (χ3n) is 6.82. The second-order valence-corrected chi connectivity index (χ2v) is 11.0. The Morgan fingerprint density at radius 1 is 1.19 bits per heavy atom. The van der Waals surface area contributed by atoms with E-state index in [4.69, 9.17) is 21.3 Å². The van der Waals surface area contributed by atoms with Crippen LogP contribution in [0.4, 0.5) is 4.79 Å². The molecule has 0 spiro atoms. The van der Waals surface area contributed by atoms with Crippen molar-refractivity contribution >= 4 is 29.3 Å². The molecule has 8 nitrogen and oxygen atoms in total. The van der Waals surface area contributed by atoms with Gasteiger partial charge in [0, 0.05) is 44.4 Å². The lowest BCUT2D eigenvalue weighted by atomic mass is 9.91. The van der Waals surface area contributed by atoms with E-state index in [1.54, 1.807) is 23.6 Å². The molecule has 194 valence electrons. The predicted octanol–water partition coefficient (Wildman–Crippen LogP) is 4.70. The van der Waals surface area contributed by atoms with Gasteiger partial charge in [0.25, 0.3) is 0 Å². The quantitative estimate of drug-likeness (QED) is 0.538. The van der Waals surface area contributed by atoms with Gasteiger partial charge in [-0.25, -0.2) is 9.78 Å². The SMILES string of the molecule is Cn1cncc1C(O)C1=Cc2cccnc2C(N2CCN(C(=O)OC(C)(C)C)CC2)c2ccc(Cl)cc21. The van der Waals surface area contributed by atoms with Crippen LogP contribution < -0.4 is 0 Å². The molecular formula is C28H32ClN5O3. The average molecular weight is 522 g/mol. The third-order valence-corrected chi connectivity index (χ3v) is 7.06. The van der Waals surface area contributed by atoms with E-state index in [1.807, 2.05) is 68.8 Å². The fourth-order valence-electron chi connectivity index (χ4n) is 5.07. The highest BCUT2D eigenvalue weighted by atomic mass is 35.5. The van der Waals surface area contributed by atoms with E-state index < -0.39 is 11.7 Å². The first-order valence-corrected chi connectivity index (χ1v) is 12.8. The molecule has 9 heteroatoms. The Balaban J connectivity index is 1.53. The van der Waals surface area contributed by atoms with Gasteiger partial charge in [0.05, 0.1) is 30.0 Å². The van der Waals surface area contributed by atoms with Crippen LogP contribution in [0.2, 0.25) is 5.02 Å². The normalized spacial score (nSPS) is 18.9. The molecule has 2 atom stereocenters. The lowest BCUT2D eigenvalue weighted by Gasteiger charge is -2.40. The largest absolute Gasteiger partial charge is 0.444 e. The number of hydrogen-bond acceptors (Lipinski definition) is 6. The van der Waals surface area contributed by atoms with Crippen LogP contribution in [0, 0.1) is 0 Å². The number of ether oxygens (including phenoxy) is 1. The molecule has 2 unspecified atom stereocenters. The third kappa shape index (κ3) is 5.14. The standard InChI is InChI=1S/C28H32ClN5O3/c1-28(2,3)37-27(36)34-12-10-33(11-13-34)25-20-8-7-19(29)15-21(20)22(14-18-6-5-9-31-24(18)25)26(35)23-16-30-17-32(23)4/h5-9,14-17,25-26,35H,10-13H2,1-4H3. The van der Waals surface area contributed by atoms with E-state index in [-0.39, 0.29) is 12.1 Å². The van der Waals surface area contributed by atoms with E-state index in [9.17, 15) is 9.90 Å². The molecule has 3 aromatic rings. The molecule has 0 bridgehead atoms. The van der Waals surface area contributed by atoms with E-state index in [0.717, 1.165) is 28.0 Å². The van der Waals surface area contributed by atoms with Crippen molar-refractivity contribution in [3.63, 3.8) is 0 Å². The molecule has 1 N–H and O–H groups in total. The van der Waals surface area contributed by atoms with Crippen LogP contribution in [0.3, 0.4) is 0 Å². The fourth-order valence-corrected chi connectivity index (χ4v) is 5.24. The van der Waals surface area contributed by atoms with E-state index in [2.05, 4.69) is 9.88 Å². The summed E-state index contributed by atoms with van der Waals surface area (Å²) in [4.78, 5) is 25.8. The number of piperazine rings is 1. The van der Waals surface area contributed by atoms with E-state index in [0.29, 0.717) is 36.9 Å². The minimum atomic E-state index is -0.902. The van der Waals surface area contributed by atoms with Crippen LogP contribution in [-0.4, -0.2) is 67.3 Å². The number of aliphatic hydroxyl groups excluding tert-OH is 1. The molecule has 0 saturated carbocycles. The zero-order valence-corrected chi connectivity index (χ0v) is 22.3. The molecule has 5 rings (SSSR count). The van der Waals surface area contributed by atoms with Crippen molar-refractivity contribution < 1.29 is 14.6 Å². The first-order chi connectivity index (χ1) is 17.6. The Morgan fingerprint density at radius 3 is 2.62 bits per heavy atom.